The molecule has 1 atom stereocenters. The Hall–Kier alpha value is -1.55. The summed E-state index contributed by atoms with van der Waals surface area (Å²) in [5.41, 5.74) is 6.97. The van der Waals surface area contributed by atoms with Crippen molar-refractivity contribution in [3.63, 3.8) is 0 Å². The number of para-hydroxylation sites is 2. The number of benzene rings is 1. The fraction of sp³-hybridized carbons (Fsp3) is 0.500. The fourth-order valence-corrected chi connectivity index (χ4v) is 1.67. The van der Waals surface area contributed by atoms with E-state index < -0.39 is 0 Å². The van der Waals surface area contributed by atoms with Crippen LogP contribution in [0.1, 0.15) is 33.1 Å². The van der Waals surface area contributed by atoms with Crippen LogP contribution in [-0.4, -0.2) is 18.6 Å². The molecule has 1 amide bonds. The van der Waals surface area contributed by atoms with Crippen LogP contribution in [0.4, 0.5) is 11.4 Å². The zero-order chi connectivity index (χ0) is 13.4. The van der Waals surface area contributed by atoms with Crippen LogP contribution < -0.4 is 11.1 Å². The summed E-state index contributed by atoms with van der Waals surface area (Å²) >= 11 is 0. The summed E-state index contributed by atoms with van der Waals surface area (Å²) in [6.07, 6.45) is 2.67. The van der Waals surface area contributed by atoms with Crippen LogP contribution in [0.25, 0.3) is 0 Å². The zero-order valence-corrected chi connectivity index (χ0v) is 11.1. The highest BCUT2D eigenvalue weighted by Crippen LogP contribution is 2.16. The minimum atomic E-state index is -0.0726. The Balaban J connectivity index is 2.28. The minimum Gasteiger partial charge on any atom is -0.397 e. The summed E-state index contributed by atoms with van der Waals surface area (Å²) in [7, 11) is 0. The number of nitrogens with one attached hydrogen (secondary N) is 1. The van der Waals surface area contributed by atoms with Crippen LogP contribution in [0.15, 0.2) is 24.3 Å². The van der Waals surface area contributed by atoms with Gasteiger partial charge in [0.1, 0.15) is 0 Å². The Labute approximate surface area is 109 Å². The van der Waals surface area contributed by atoms with E-state index in [0.29, 0.717) is 24.4 Å². The van der Waals surface area contributed by atoms with Crippen molar-refractivity contribution < 1.29 is 9.53 Å². The lowest BCUT2D eigenvalue weighted by Crippen LogP contribution is -2.17. The lowest BCUT2D eigenvalue weighted by atomic mass is 10.2. The largest absolute Gasteiger partial charge is 0.397 e. The molecule has 0 heterocycles. The number of rotatable bonds is 7. The SMILES string of the molecule is CCCC(C)OCCC(=O)Nc1ccccc1N. The molecule has 0 spiro atoms. The van der Waals surface area contributed by atoms with Gasteiger partial charge in [-0.1, -0.05) is 25.5 Å². The van der Waals surface area contributed by atoms with Gasteiger partial charge in [-0.3, -0.25) is 4.79 Å². The van der Waals surface area contributed by atoms with Crippen LogP contribution in [0.5, 0.6) is 0 Å². The van der Waals surface area contributed by atoms with Gasteiger partial charge < -0.3 is 15.8 Å². The molecule has 0 aromatic heterocycles. The van der Waals surface area contributed by atoms with E-state index in [1.54, 1.807) is 12.1 Å². The highest BCUT2D eigenvalue weighted by molar-refractivity contribution is 5.93. The summed E-state index contributed by atoms with van der Waals surface area (Å²) in [5, 5.41) is 2.77. The Morgan fingerprint density at radius 1 is 1.44 bits per heavy atom. The standard InChI is InChI=1S/C14H22N2O2/c1-3-6-11(2)18-10-9-14(17)16-13-8-5-4-7-12(13)15/h4-5,7-8,11H,3,6,9-10,15H2,1-2H3,(H,16,17). The Morgan fingerprint density at radius 2 is 2.17 bits per heavy atom. The van der Waals surface area contributed by atoms with Gasteiger partial charge in [0.25, 0.3) is 0 Å². The smallest absolute Gasteiger partial charge is 0.226 e. The molecule has 1 aromatic carbocycles. The predicted octanol–water partition coefficient (Wildman–Crippen LogP) is 2.80. The highest BCUT2D eigenvalue weighted by atomic mass is 16.5. The van der Waals surface area contributed by atoms with Crippen LogP contribution in [0.2, 0.25) is 0 Å². The molecule has 4 heteroatoms. The number of hydrogen-bond acceptors (Lipinski definition) is 3. The zero-order valence-electron chi connectivity index (χ0n) is 11.1. The first-order valence-electron chi connectivity index (χ1n) is 6.39. The van der Waals surface area contributed by atoms with Crippen molar-refractivity contribution in [2.24, 2.45) is 0 Å². The van der Waals surface area contributed by atoms with E-state index in [4.69, 9.17) is 10.5 Å². The van der Waals surface area contributed by atoms with E-state index in [0.717, 1.165) is 12.8 Å². The van der Waals surface area contributed by atoms with E-state index in [1.807, 2.05) is 19.1 Å². The summed E-state index contributed by atoms with van der Waals surface area (Å²) in [6.45, 7) is 4.58. The van der Waals surface area contributed by atoms with Crippen molar-refractivity contribution in [1.29, 1.82) is 0 Å². The summed E-state index contributed by atoms with van der Waals surface area (Å²) in [5.74, 6) is -0.0726. The minimum absolute atomic E-state index is 0.0726. The molecule has 1 aromatic rings. The normalized spacial score (nSPS) is 12.1. The molecule has 0 bridgehead atoms. The molecule has 1 rings (SSSR count). The molecule has 0 saturated carbocycles. The van der Waals surface area contributed by atoms with E-state index in [1.165, 1.54) is 0 Å². The first kappa shape index (κ1) is 14.5. The highest BCUT2D eigenvalue weighted by Gasteiger charge is 2.06. The lowest BCUT2D eigenvalue weighted by molar-refractivity contribution is -0.117. The van der Waals surface area contributed by atoms with Gasteiger partial charge in [-0.25, -0.2) is 0 Å². The average Bonchev–Trinajstić information content (AvgIpc) is 2.32. The molecule has 0 aliphatic carbocycles. The second-order valence-corrected chi connectivity index (χ2v) is 4.36. The van der Waals surface area contributed by atoms with E-state index >= 15 is 0 Å². The first-order chi connectivity index (χ1) is 8.63. The molecule has 18 heavy (non-hydrogen) atoms. The van der Waals surface area contributed by atoms with Crippen molar-refractivity contribution >= 4 is 17.3 Å². The second kappa shape index (κ2) is 7.71. The molecule has 100 valence electrons. The van der Waals surface area contributed by atoms with Crippen LogP contribution >= 0.6 is 0 Å². The Bertz CT molecular complexity index is 380. The predicted molar refractivity (Wildman–Crippen MR) is 74.4 cm³/mol. The maximum absolute atomic E-state index is 11.7. The number of nitrogens with two attached hydrogens (primary N) is 1. The van der Waals surface area contributed by atoms with Crippen LogP contribution in [-0.2, 0) is 9.53 Å². The van der Waals surface area contributed by atoms with Crippen molar-refractivity contribution in [2.45, 2.75) is 39.2 Å². The molecular formula is C14H22N2O2. The molecule has 0 aliphatic rings. The van der Waals surface area contributed by atoms with Gasteiger partial charge in [0.15, 0.2) is 0 Å². The quantitative estimate of drug-likeness (QED) is 0.731. The average molecular weight is 250 g/mol. The molecular weight excluding hydrogens is 228 g/mol. The van der Waals surface area contributed by atoms with Crippen molar-refractivity contribution in [3.8, 4) is 0 Å². The first-order valence-corrected chi connectivity index (χ1v) is 6.39. The number of carbonyl (C=O) groups is 1. The number of carbonyl (C=O) groups excluding carboxylic acids is 1. The third-order valence-corrected chi connectivity index (χ3v) is 2.66. The van der Waals surface area contributed by atoms with Gasteiger partial charge in [0.2, 0.25) is 5.91 Å². The Kier molecular flexibility index (Phi) is 6.22. The third-order valence-electron chi connectivity index (χ3n) is 2.66. The van der Waals surface area contributed by atoms with Gasteiger partial charge in [-0.15, -0.1) is 0 Å². The number of amides is 1. The molecule has 3 N–H and O–H groups in total. The van der Waals surface area contributed by atoms with Crippen molar-refractivity contribution in [2.75, 3.05) is 17.7 Å². The van der Waals surface area contributed by atoms with Gasteiger partial charge in [-0.05, 0) is 25.5 Å². The maximum atomic E-state index is 11.7. The van der Waals surface area contributed by atoms with Gasteiger partial charge in [0, 0.05) is 0 Å². The van der Waals surface area contributed by atoms with Gasteiger partial charge in [0.05, 0.1) is 30.5 Å². The van der Waals surface area contributed by atoms with Crippen molar-refractivity contribution in [3.05, 3.63) is 24.3 Å². The van der Waals surface area contributed by atoms with Crippen LogP contribution in [0.3, 0.4) is 0 Å². The van der Waals surface area contributed by atoms with E-state index in [2.05, 4.69) is 12.2 Å². The number of anilines is 2. The Morgan fingerprint density at radius 3 is 2.83 bits per heavy atom. The number of hydrogen-bond donors (Lipinski definition) is 2. The molecule has 0 aliphatic heterocycles. The number of ether oxygens (including phenoxy) is 1. The molecule has 0 fully saturated rings. The molecule has 4 nitrogen and oxygen atoms in total. The van der Waals surface area contributed by atoms with E-state index in [9.17, 15) is 4.79 Å². The van der Waals surface area contributed by atoms with Crippen LogP contribution in [0, 0.1) is 0 Å². The molecule has 1 unspecified atom stereocenters. The van der Waals surface area contributed by atoms with Crippen molar-refractivity contribution in [1.82, 2.24) is 0 Å². The summed E-state index contributed by atoms with van der Waals surface area (Å²) < 4.78 is 5.53. The maximum Gasteiger partial charge on any atom is 0.226 e. The fourth-order valence-electron chi connectivity index (χ4n) is 1.67. The topological polar surface area (TPSA) is 64.3 Å². The molecule has 0 saturated heterocycles. The van der Waals surface area contributed by atoms with Gasteiger partial charge >= 0.3 is 0 Å². The van der Waals surface area contributed by atoms with E-state index in [-0.39, 0.29) is 12.0 Å². The monoisotopic (exact) mass is 250 g/mol. The molecule has 0 radical (unpaired) electrons. The second-order valence-electron chi connectivity index (χ2n) is 4.36. The van der Waals surface area contributed by atoms with Gasteiger partial charge in [-0.2, -0.15) is 0 Å². The number of nitrogen functional groups attached to an aromatic ring is 1. The summed E-state index contributed by atoms with van der Waals surface area (Å²) in [4.78, 5) is 11.7. The summed E-state index contributed by atoms with van der Waals surface area (Å²) in [6, 6.07) is 7.22. The lowest BCUT2D eigenvalue weighted by Gasteiger charge is -2.12. The third kappa shape index (κ3) is 5.19.